The van der Waals surface area contributed by atoms with Crippen LogP contribution in [0.5, 0.6) is 0 Å². The van der Waals surface area contributed by atoms with Gasteiger partial charge in [0.1, 0.15) is 12.2 Å². The fraction of sp³-hybridized carbons (Fsp3) is 0.698. The second-order valence-electron chi connectivity index (χ2n) is 21.7. The van der Waals surface area contributed by atoms with E-state index in [-0.39, 0.29) is 19.0 Å². The first kappa shape index (κ1) is 66.5. The van der Waals surface area contributed by atoms with E-state index in [9.17, 15) is 19.1 Å². The fourth-order valence-corrected chi connectivity index (χ4v) is 11.0. The van der Waals surface area contributed by atoms with Crippen LogP contribution in [0.1, 0.15) is 231 Å². The Bertz CT molecular complexity index is 2120. The molecular weight excluding hydrogens is 1000 g/mol. The van der Waals surface area contributed by atoms with Gasteiger partial charge >= 0.3 is 19.3 Å². The van der Waals surface area contributed by atoms with Gasteiger partial charge in [0.2, 0.25) is 0 Å². The van der Waals surface area contributed by atoms with E-state index in [4.69, 9.17) is 19.9 Å². The van der Waals surface area contributed by atoms with E-state index in [1.165, 1.54) is 202 Å². The van der Waals surface area contributed by atoms with Crippen molar-refractivity contribution in [2.45, 2.75) is 232 Å². The molecule has 1 aliphatic rings. The summed E-state index contributed by atoms with van der Waals surface area (Å²) >= 11 is 0. The number of nitrogens with two attached hydrogens (primary N) is 1. The lowest BCUT2D eigenvalue weighted by atomic mass is 9.94. The van der Waals surface area contributed by atoms with Gasteiger partial charge in [0.25, 0.3) is 0 Å². The summed E-state index contributed by atoms with van der Waals surface area (Å²) in [5.41, 5.74) is 8.34. The highest BCUT2D eigenvalue weighted by Crippen LogP contribution is 2.39. The van der Waals surface area contributed by atoms with Crippen LogP contribution in [0.25, 0.3) is 5.57 Å². The number of urea groups is 1. The van der Waals surface area contributed by atoms with Gasteiger partial charge < -0.3 is 34.6 Å². The summed E-state index contributed by atoms with van der Waals surface area (Å²) in [6.45, 7) is 6.57. The van der Waals surface area contributed by atoms with Crippen molar-refractivity contribution >= 4 is 30.7 Å². The topological polar surface area (TPSA) is 173 Å². The van der Waals surface area contributed by atoms with Crippen LogP contribution in [-0.4, -0.2) is 89.0 Å². The van der Waals surface area contributed by atoms with E-state index >= 15 is 4.79 Å². The minimum atomic E-state index is -4.49. The first-order valence-corrected chi connectivity index (χ1v) is 32.8. The zero-order chi connectivity index (χ0) is 55.7. The molecule has 2 aromatic carbocycles. The van der Waals surface area contributed by atoms with Gasteiger partial charge in [-0.3, -0.25) is 9.46 Å². The maximum atomic E-state index is 15.4. The van der Waals surface area contributed by atoms with Gasteiger partial charge in [-0.25, -0.2) is 14.3 Å². The molecule has 0 bridgehead atoms. The number of ether oxygens (including phenoxy) is 3. The Kier molecular flexibility index (Phi) is 35.7. The average molecular weight is 1110 g/mol. The number of hydrogen-bond donors (Lipinski definition) is 3. The molecular formula is C63H105N6O8P. The summed E-state index contributed by atoms with van der Waals surface area (Å²) in [5, 5.41) is 1.41. The van der Waals surface area contributed by atoms with E-state index in [0.29, 0.717) is 45.1 Å². The number of rotatable bonds is 49. The number of carbonyl (C=O) groups excluding carboxylic acids is 1. The van der Waals surface area contributed by atoms with Gasteiger partial charge in [-0.2, -0.15) is 9.99 Å². The van der Waals surface area contributed by atoms with Crippen LogP contribution in [0.2, 0.25) is 0 Å². The van der Waals surface area contributed by atoms with Gasteiger partial charge in [0, 0.05) is 49.3 Å². The number of amides is 2. The summed E-state index contributed by atoms with van der Waals surface area (Å²) in [6.07, 6.45) is 41.6. The number of hydrogen-bond acceptors (Lipinski definition) is 9. The second kappa shape index (κ2) is 41.9. The molecule has 1 atom stereocenters. The van der Waals surface area contributed by atoms with Gasteiger partial charge in [0.15, 0.2) is 6.17 Å². The van der Waals surface area contributed by atoms with E-state index in [1.54, 1.807) is 4.90 Å². The first-order chi connectivity index (χ1) is 38.2. The summed E-state index contributed by atoms with van der Waals surface area (Å²) in [7, 11) is -4.49. The molecule has 2 heterocycles. The third-order valence-corrected chi connectivity index (χ3v) is 15.5. The molecule has 4 N–H and O–H groups in total. The first-order valence-electron chi connectivity index (χ1n) is 31.0. The third-order valence-electron chi connectivity index (χ3n) is 15.0. The smallest absolute Gasteiger partial charge is 0.368 e. The van der Waals surface area contributed by atoms with Gasteiger partial charge in [-0.15, -0.1) is 0 Å². The molecule has 440 valence electrons. The van der Waals surface area contributed by atoms with Crippen LogP contribution in [-0.2, 0) is 18.8 Å². The van der Waals surface area contributed by atoms with Crippen molar-refractivity contribution in [2.75, 3.05) is 68.1 Å². The standard InChI is InChI=1S/C63H105N6O8P/c1-3-5-7-9-11-13-15-17-19-21-23-25-27-29-31-39-50-75-52-46-58-60(56-41-35-33-36-42-56)61(69(68-47-45-59(64)65-62(68)70)63(71)67(58)49-54-77-55-78(72,73)74)66(57-43-37-34-38-44-57)48-53-76-51-40-32-30-28-26-24-22-20-18-16-14-12-10-8-6-4-2/h33-38,41-45,47,61H,3-32,39-40,46,48-55H2,1-2H3,(H2,64,65,70)(H2,72,73,74). The second-order valence-corrected chi connectivity index (χ2v) is 23.3. The number of benzene rings is 2. The van der Waals surface area contributed by atoms with Crippen molar-refractivity contribution in [3.63, 3.8) is 0 Å². The lowest BCUT2D eigenvalue weighted by Gasteiger charge is -2.48. The maximum absolute atomic E-state index is 15.4. The Hall–Kier alpha value is -4.04. The number of nitrogens with zero attached hydrogens (tertiary/aromatic N) is 5. The molecule has 0 fully saturated rings. The maximum Gasteiger partial charge on any atom is 0.368 e. The van der Waals surface area contributed by atoms with Crippen molar-refractivity contribution < 1.29 is 33.4 Å². The molecule has 14 nitrogen and oxygen atoms in total. The van der Waals surface area contributed by atoms with Gasteiger partial charge in [0.05, 0.1) is 26.4 Å². The molecule has 0 saturated carbocycles. The minimum Gasteiger partial charge on any atom is -0.383 e. The average Bonchev–Trinajstić information content (AvgIpc) is 3.64. The molecule has 0 radical (unpaired) electrons. The molecule has 2 amide bonds. The zero-order valence-electron chi connectivity index (χ0n) is 48.6. The summed E-state index contributed by atoms with van der Waals surface area (Å²) in [6, 6.07) is 20.6. The lowest BCUT2D eigenvalue weighted by molar-refractivity contribution is 0.116. The van der Waals surface area contributed by atoms with Crippen LogP contribution in [0.15, 0.2) is 83.4 Å². The van der Waals surface area contributed by atoms with Crippen LogP contribution in [0.3, 0.4) is 0 Å². The summed E-state index contributed by atoms with van der Waals surface area (Å²) in [5.74, 6) is 0.0170. The predicted octanol–water partition coefficient (Wildman–Crippen LogP) is 15.5. The van der Waals surface area contributed by atoms with Crippen molar-refractivity contribution in [1.82, 2.24) is 14.6 Å². The van der Waals surface area contributed by atoms with E-state index in [0.717, 1.165) is 42.5 Å². The lowest BCUT2D eigenvalue weighted by Crippen LogP contribution is -2.66. The van der Waals surface area contributed by atoms with Gasteiger partial charge in [-0.1, -0.05) is 255 Å². The van der Waals surface area contributed by atoms with E-state index < -0.39 is 31.8 Å². The number of carbonyl (C=O) groups is 1. The fourth-order valence-electron chi connectivity index (χ4n) is 10.7. The third kappa shape index (κ3) is 27.4. The molecule has 78 heavy (non-hydrogen) atoms. The Morgan fingerprint density at radius 2 is 0.987 bits per heavy atom. The Morgan fingerprint density at radius 3 is 1.44 bits per heavy atom. The van der Waals surface area contributed by atoms with Crippen LogP contribution in [0.4, 0.5) is 16.3 Å². The van der Waals surface area contributed by atoms with Crippen molar-refractivity contribution in [2.24, 2.45) is 0 Å². The molecule has 0 aliphatic carbocycles. The highest BCUT2D eigenvalue weighted by atomic mass is 31.2. The largest absolute Gasteiger partial charge is 0.383 e. The molecule has 0 spiro atoms. The normalized spacial score (nSPS) is 14.1. The number of para-hydroxylation sites is 1. The number of aromatic nitrogens is 2. The highest BCUT2D eigenvalue weighted by molar-refractivity contribution is 7.51. The minimum absolute atomic E-state index is 0.0170. The molecule has 0 saturated heterocycles. The number of anilines is 2. The molecule has 15 heteroatoms. The SMILES string of the molecule is CCCCCCCCCCCCCCCCCCOCCC1=C(c2ccccc2)C(N(CCOCCCCCCCCCCCCCCCCCC)c2ccccc2)N(n2ccc(N)nc2=O)C(=O)N1CCOCP(=O)(O)O. The zero-order valence-corrected chi connectivity index (χ0v) is 49.5. The molecule has 1 unspecified atom stereocenters. The summed E-state index contributed by atoms with van der Waals surface area (Å²) in [4.78, 5) is 56.4. The van der Waals surface area contributed by atoms with E-state index in [1.807, 2.05) is 60.7 Å². The molecule has 3 aromatic rings. The van der Waals surface area contributed by atoms with Crippen LogP contribution in [0, 0.1) is 0 Å². The van der Waals surface area contributed by atoms with Crippen LogP contribution >= 0.6 is 7.60 Å². The van der Waals surface area contributed by atoms with Gasteiger partial charge in [-0.05, 0) is 36.6 Å². The van der Waals surface area contributed by atoms with E-state index in [2.05, 4.69) is 23.7 Å². The Labute approximate surface area is 471 Å². The summed E-state index contributed by atoms with van der Waals surface area (Å²) < 4.78 is 31.3. The Balaban J connectivity index is 1.45. The molecule has 1 aliphatic heterocycles. The van der Waals surface area contributed by atoms with Crippen molar-refractivity contribution in [3.05, 3.63) is 94.7 Å². The monoisotopic (exact) mass is 1100 g/mol. The van der Waals surface area contributed by atoms with Crippen LogP contribution < -0.4 is 21.3 Å². The quantitative estimate of drug-likeness (QED) is 0.0363. The van der Waals surface area contributed by atoms with Crippen molar-refractivity contribution in [3.8, 4) is 0 Å². The predicted molar refractivity (Wildman–Crippen MR) is 322 cm³/mol. The molecule has 1 aromatic heterocycles. The highest BCUT2D eigenvalue weighted by Gasteiger charge is 2.45. The van der Waals surface area contributed by atoms with Crippen molar-refractivity contribution in [1.29, 1.82) is 0 Å². The Morgan fingerprint density at radius 1 is 0.551 bits per heavy atom. The number of unbranched alkanes of at least 4 members (excludes halogenated alkanes) is 30. The number of nitrogen functional groups attached to an aromatic ring is 1. The molecule has 4 rings (SSSR count).